The van der Waals surface area contributed by atoms with Crippen LogP contribution in [0.4, 0.5) is 0 Å². The molecule has 0 aromatic heterocycles. The molecule has 1 N–H and O–H groups in total. The van der Waals surface area contributed by atoms with Gasteiger partial charge in [0.25, 0.3) is 0 Å². The lowest BCUT2D eigenvalue weighted by atomic mass is 10.0. The van der Waals surface area contributed by atoms with Gasteiger partial charge in [0.05, 0.1) is 24.4 Å². The average molecular weight is 283 g/mol. The van der Waals surface area contributed by atoms with E-state index in [4.69, 9.17) is 9.47 Å². The summed E-state index contributed by atoms with van der Waals surface area (Å²) in [5.74, 6) is 0. The molecule has 1 aliphatic carbocycles. The number of ether oxygens (including phenoxy) is 2. The largest absolute Gasteiger partial charge is 0.375 e. The normalized spacial score (nSPS) is 39.5. The molecular weight excluding hydrogens is 250 g/mol. The van der Waals surface area contributed by atoms with Crippen LogP contribution in [-0.4, -0.2) is 37.0 Å². The van der Waals surface area contributed by atoms with Crippen molar-refractivity contribution in [2.24, 2.45) is 0 Å². The lowest BCUT2D eigenvalue weighted by molar-refractivity contribution is -0.128. The lowest BCUT2D eigenvalue weighted by Gasteiger charge is -2.36. The van der Waals surface area contributed by atoms with E-state index in [1.165, 1.54) is 38.5 Å². The Morgan fingerprint density at radius 2 is 1.75 bits per heavy atom. The van der Waals surface area contributed by atoms with Crippen LogP contribution in [-0.2, 0) is 9.47 Å². The lowest BCUT2D eigenvalue weighted by Crippen LogP contribution is -2.45. The summed E-state index contributed by atoms with van der Waals surface area (Å²) in [4.78, 5) is 0. The molecule has 1 aliphatic heterocycles. The van der Waals surface area contributed by atoms with E-state index in [0.29, 0.717) is 30.5 Å². The predicted octanol–water partition coefficient (Wildman–Crippen LogP) is 3.66. The second-order valence-electron chi connectivity index (χ2n) is 6.72. The van der Waals surface area contributed by atoms with Crippen molar-refractivity contribution in [1.82, 2.24) is 5.32 Å². The molecule has 2 rings (SSSR count). The van der Waals surface area contributed by atoms with Crippen molar-refractivity contribution in [2.45, 2.75) is 103 Å². The molecular formula is C17H33NO2. The van der Waals surface area contributed by atoms with Crippen LogP contribution in [0.1, 0.15) is 72.1 Å². The quantitative estimate of drug-likeness (QED) is 0.781. The molecule has 0 bridgehead atoms. The second kappa shape index (κ2) is 8.35. The van der Waals surface area contributed by atoms with Gasteiger partial charge in [0.2, 0.25) is 0 Å². The van der Waals surface area contributed by atoms with Crippen LogP contribution in [0, 0.1) is 0 Å². The number of nitrogens with one attached hydrogen (secondary N) is 1. The second-order valence-corrected chi connectivity index (χ2v) is 6.72. The highest BCUT2D eigenvalue weighted by Crippen LogP contribution is 2.27. The van der Waals surface area contributed by atoms with Gasteiger partial charge >= 0.3 is 0 Å². The Hall–Kier alpha value is -0.120. The van der Waals surface area contributed by atoms with E-state index >= 15 is 0 Å². The summed E-state index contributed by atoms with van der Waals surface area (Å²) in [6.07, 6.45) is 11.3. The molecule has 1 heterocycles. The SMILES string of the molecule is CCCNC1CCCCCC1OC1CC(C)OC(C)C1. The van der Waals surface area contributed by atoms with Gasteiger partial charge < -0.3 is 14.8 Å². The van der Waals surface area contributed by atoms with Crippen molar-refractivity contribution in [3.05, 3.63) is 0 Å². The first kappa shape index (κ1) is 16.3. The van der Waals surface area contributed by atoms with Crippen LogP contribution < -0.4 is 5.32 Å². The summed E-state index contributed by atoms with van der Waals surface area (Å²) in [5, 5.41) is 3.72. The molecule has 0 amide bonds. The first-order chi connectivity index (χ1) is 9.69. The van der Waals surface area contributed by atoms with Crippen LogP contribution in [0.25, 0.3) is 0 Å². The zero-order valence-corrected chi connectivity index (χ0v) is 13.6. The third-order valence-electron chi connectivity index (χ3n) is 4.63. The minimum Gasteiger partial charge on any atom is -0.375 e. The van der Waals surface area contributed by atoms with Crippen LogP contribution >= 0.6 is 0 Å². The standard InChI is InChI=1S/C17H33NO2/c1-4-10-18-16-8-6-5-7-9-17(16)20-15-11-13(2)19-14(3)12-15/h13-18H,4-12H2,1-3H3. The van der Waals surface area contributed by atoms with Crippen molar-refractivity contribution in [2.75, 3.05) is 6.54 Å². The van der Waals surface area contributed by atoms with Crippen LogP contribution in [0.5, 0.6) is 0 Å². The highest BCUT2D eigenvalue weighted by Gasteiger charge is 2.31. The van der Waals surface area contributed by atoms with Crippen LogP contribution in [0.2, 0.25) is 0 Å². The number of rotatable bonds is 5. The Bertz CT molecular complexity index is 262. The van der Waals surface area contributed by atoms with E-state index in [1.807, 2.05) is 0 Å². The first-order valence-electron chi connectivity index (χ1n) is 8.73. The fourth-order valence-corrected chi connectivity index (χ4v) is 3.70. The van der Waals surface area contributed by atoms with E-state index in [-0.39, 0.29) is 0 Å². The molecule has 2 aliphatic rings. The topological polar surface area (TPSA) is 30.5 Å². The Kier molecular flexibility index (Phi) is 6.79. The van der Waals surface area contributed by atoms with E-state index < -0.39 is 0 Å². The van der Waals surface area contributed by atoms with E-state index in [2.05, 4.69) is 26.1 Å². The Morgan fingerprint density at radius 1 is 1.05 bits per heavy atom. The van der Waals surface area contributed by atoms with Crippen LogP contribution in [0.3, 0.4) is 0 Å². The number of hydrogen-bond donors (Lipinski definition) is 1. The summed E-state index contributed by atoms with van der Waals surface area (Å²) < 4.78 is 12.3. The predicted molar refractivity (Wildman–Crippen MR) is 83.1 cm³/mol. The highest BCUT2D eigenvalue weighted by atomic mass is 16.5. The fraction of sp³-hybridized carbons (Fsp3) is 1.00. The van der Waals surface area contributed by atoms with Crippen LogP contribution in [0.15, 0.2) is 0 Å². The maximum Gasteiger partial charge on any atom is 0.0731 e. The molecule has 1 saturated heterocycles. The Labute approximate surface area is 124 Å². The van der Waals surface area contributed by atoms with Gasteiger partial charge in [0.15, 0.2) is 0 Å². The highest BCUT2D eigenvalue weighted by molar-refractivity contribution is 4.83. The molecule has 0 radical (unpaired) electrons. The average Bonchev–Trinajstić information content (AvgIpc) is 2.60. The summed E-state index contributed by atoms with van der Waals surface area (Å²) in [5.41, 5.74) is 0. The Balaban J connectivity index is 1.89. The minimum absolute atomic E-state index is 0.344. The third kappa shape index (κ3) is 5.01. The molecule has 0 aromatic carbocycles. The van der Waals surface area contributed by atoms with Gasteiger partial charge in [-0.05, 0) is 52.5 Å². The van der Waals surface area contributed by atoms with Gasteiger partial charge in [-0.2, -0.15) is 0 Å². The molecule has 3 heteroatoms. The van der Waals surface area contributed by atoms with Crippen molar-refractivity contribution < 1.29 is 9.47 Å². The van der Waals surface area contributed by atoms with Gasteiger partial charge in [-0.15, -0.1) is 0 Å². The smallest absolute Gasteiger partial charge is 0.0731 e. The first-order valence-corrected chi connectivity index (χ1v) is 8.73. The van der Waals surface area contributed by atoms with Crippen molar-refractivity contribution in [1.29, 1.82) is 0 Å². The van der Waals surface area contributed by atoms with E-state index in [1.54, 1.807) is 0 Å². The maximum absolute atomic E-state index is 6.52. The molecule has 4 unspecified atom stereocenters. The molecule has 3 nitrogen and oxygen atoms in total. The molecule has 4 atom stereocenters. The van der Waals surface area contributed by atoms with Gasteiger partial charge in [0, 0.05) is 6.04 Å². The van der Waals surface area contributed by atoms with Gasteiger partial charge in [-0.1, -0.05) is 26.2 Å². The van der Waals surface area contributed by atoms with Crippen molar-refractivity contribution in [3.8, 4) is 0 Å². The van der Waals surface area contributed by atoms with E-state index in [0.717, 1.165) is 19.4 Å². The molecule has 2 fully saturated rings. The third-order valence-corrected chi connectivity index (χ3v) is 4.63. The van der Waals surface area contributed by atoms with Gasteiger partial charge in [-0.3, -0.25) is 0 Å². The van der Waals surface area contributed by atoms with Gasteiger partial charge in [0.1, 0.15) is 0 Å². The molecule has 0 aromatic rings. The molecule has 0 spiro atoms. The monoisotopic (exact) mass is 283 g/mol. The van der Waals surface area contributed by atoms with E-state index in [9.17, 15) is 0 Å². The minimum atomic E-state index is 0.344. The molecule has 1 saturated carbocycles. The fourth-order valence-electron chi connectivity index (χ4n) is 3.70. The Morgan fingerprint density at radius 3 is 2.45 bits per heavy atom. The summed E-state index contributed by atoms with van der Waals surface area (Å²) in [6.45, 7) is 7.70. The zero-order chi connectivity index (χ0) is 14.4. The van der Waals surface area contributed by atoms with Crippen molar-refractivity contribution >= 4 is 0 Å². The molecule has 118 valence electrons. The maximum atomic E-state index is 6.52. The summed E-state index contributed by atoms with van der Waals surface area (Å²) in [7, 11) is 0. The molecule has 20 heavy (non-hydrogen) atoms. The van der Waals surface area contributed by atoms with Gasteiger partial charge in [-0.25, -0.2) is 0 Å². The number of hydrogen-bond acceptors (Lipinski definition) is 3. The van der Waals surface area contributed by atoms with Crippen molar-refractivity contribution in [3.63, 3.8) is 0 Å². The summed E-state index contributed by atoms with van der Waals surface area (Å²) in [6, 6.07) is 0.561. The summed E-state index contributed by atoms with van der Waals surface area (Å²) >= 11 is 0. The zero-order valence-electron chi connectivity index (χ0n) is 13.6.